The Morgan fingerprint density at radius 3 is 1.05 bits per heavy atom. The highest BCUT2D eigenvalue weighted by atomic mass is 35.5. The fourth-order valence-electron chi connectivity index (χ4n) is 13.3. The lowest BCUT2D eigenvalue weighted by Crippen LogP contribution is -2.28. The van der Waals surface area contributed by atoms with Crippen LogP contribution in [0.1, 0.15) is 44.5 Å². The van der Waals surface area contributed by atoms with Crippen LogP contribution in [0.15, 0.2) is 340 Å². The van der Waals surface area contributed by atoms with Gasteiger partial charge in [0.2, 0.25) is 0 Å². The third kappa shape index (κ3) is 9.63. The molecule has 14 aromatic carbocycles. The van der Waals surface area contributed by atoms with Crippen LogP contribution in [0, 0.1) is 0 Å². The molecule has 14 aromatic rings. The van der Waals surface area contributed by atoms with Crippen molar-refractivity contribution in [2.24, 2.45) is 0 Å². The first-order valence-corrected chi connectivity index (χ1v) is 29.4. The highest BCUT2D eigenvalue weighted by Gasteiger charge is 2.48. The smallest absolute Gasteiger partial charge is 0.0714 e. The Bertz CT molecular complexity index is 4680. The number of fused-ring (bicyclic) bond motifs is 8. The molecule has 85 heavy (non-hydrogen) atoms. The van der Waals surface area contributed by atoms with Crippen molar-refractivity contribution in [3.05, 3.63) is 389 Å². The summed E-state index contributed by atoms with van der Waals surface area (Å²) in [7, 11) is 0. The Morgan fingerprint density at radius 2 is 0.600 bits per heavy atom. The number of para-hydroxylation sites is 2. The van der Waals surface area contributed by atoms with Gasteiger partial charge in [-0.25, -0.2) is 0 Å². The molecule has 0 aliphatic heterocycles. The normalized spacial score (nSPS) is 15.0. The van der Waals surface area contributed by atoms with Gasteiger partial charge in [-0.15, -0.1) is 0 Å². The Kier molecular flexibility index (Phi) is 14.0. The standard InChI is InChI=1S/C41H29N.C35H23Cl.C6H7N/c1-4-13-29(14-5-1)30-17-12-20-34(25-30)41(33-18-6-2-7-19-33)39-27-32-16-11-10-15-31(32)26-38(39)37-24-23-36(28-40(37)41)42-35-21-8-3-9-22-35;36-30-18-19-31-32-21-26-12-7-8-13-27(26)22-33(32)35(34(31)23-30,28-15-5-2-6-16-28)29-17-9-14-25(20-29)24-10-3-1-4-11-24;7-6-4-2-1-3-5-6/h1-28,42H;1-23H;1-5H,7H2. The number of nitrogens with two attached hydrogens (primary N) is 1. The van der Waals surface area contributed by atoms with Crippen LogP contribution in [0.4, 0.5) is 17.1 Å². The molecule has 2 aliphatic carbocycles. The van der Waals surface area contributed by atoms with Crippen molar-refractivity contribution in [1.29, 1.82) is 0 Å². The summed E-state index contributed by atoms with van der Waals surface area (Å²) in [5.41, 5.74) is 27.5. The number of anilines is 3. The van der Waals surface area contributed by atoms with E-state index < -0.39 is 10.8 Å². The Hall–Kier alpha value is -10.5. The molecule has 2 nitrogen and oxygen atoms in total. The van der Waals surface area contributed by atoms with Crippen LogP contribution in [-0.4, -0.2) is 0 Å². The molecule has 0 bridgehead atoms. The molecule has 0 amide bonds. The highest BCUT2D eigenvalue weighted by molar-refractivity contribution is 6.30. The molecule has 2 aliphatic rings. The molecule has 16 rings (SSSR count). The van der Waals surface area contributed by atoms with E-state index in [9.17, 15) is 0 Å². The molecule has 2 unspecified atom stereocenters. The average molecular weight is 1110 g/mol. The van der Waals surface area contributed by atoms with Crippen molar-refractivity contribution in [3.8, 4) is 44.5 Å². The molecular weight excluding hydrogens is 1050 g/mol. The fourth-order valence-corrected chi connectivity index (χ4v) is 13.5. The number of rotatable bonds is 8. The summed E-state index contributed by atoms with van der Waals surface area (Å²) in [4.78, 5) is 0. The zero-order chi connectivity index (χ0) is 57.2. The second kappa shape index (κ2) is 22.7. The first kappa shape index (κ1) is 52.6. The molecule has 0 radical (unpaired) electrons. The van der Waals surface area contributed by atoms with Gasteiger partial charge in [0, 0.05) is 22.1 Å². The van der Waals surface area contributed by atoms with Crippen molar-refractivity contribution >= 4 is 50.2 Å². The van der Waals surface area contributed by atoms with Crippen LogP contribution in [0.25, 0.3) is 66.1 Å². The van der Waals surface area contributed by atoms with E-state index >= 15 is 0 Å². The molecule has 0 aromatic heterocycles. The lowest BCUT2D eigenvalue weighted by atomic mass is 9.67. The molecule has 2 atom stereocenters. The summed E-state index contributed by atoms with van der Waals surface area (Å²) >= 11 is 6.70. The molecule has 0 heterocycles. The van der Waals surface area contributed by atoms with Crippen molar-refractivity contribution in [1.82, 2.24) is 0 Å². The van der Waals surface area contributed by atoms with Crippen molar-refractivity contribution in [2.45, 2.75) is 10.8 Å². The fraction of sp³-hybridized carbons (Fsp3) is 0.0244. The van der Waals surface area contributed by atoms with Gasteiger partial charge in [0.05, 0.1) is 10.8 Å². The predicted molar refractivity (Wildman–Crippen MR) is 359 cm³/mol. The molecule has 0 saturated carbocycles. The van der Waals surface area contributed by atoms with Gasteiger partial charge in [0.25, 0.3) is 0 Å². The minimum Gasteiger partial charge on any atom is -0.399 e. The SMILES string of the molecule is Clc1ccc2c(c1)C(c1ccccc1)(c1cccc(-c3ccccc3)c1)c1cc3ccccc3cc1-2.Nc1ccccc1.c1ccc(Nc2ccc3c(c2)C(c2ccccc2)(c2cccc(-c4ccccc4)c2)c2cc4ccccc4cc2-3)cc1. The molecule has 404 valence electrons. The van der Waals surface area contributed by atoms with E-state index in [-0.39, 0.29) is 0 Å². The number of halogens is 1. The van der Waals surface area contributed by atoms with E-state index in [4.69, 9.17) is 17.3 Å². The second-order valence-corrected chi connectivity index (χ2v) is 22.4. The highest BCUT2D eigenvalue weighted by Crippen LogP contribution is 2.59. The summed E-state index contributed by atoms with van der Waals surface area (Å²) in [5.74, 6) is 0. The van der Waals surface area contributed by atoms with Crippen molar-refractivity contribution < 1.29 is 0 Å². The summed E-state index contributed by atoms with van der Waals surface area (Å²) in [6.45, 7) is 0. The third-order valence-corrected chi connectivity index (χ3v) is 17.3. The van der Waals surface area contributed by atoms with E-state index in [1.807, 2.05) is 36.4 Å². The van der Waals surface area contributed by atoms with E-state index in [1.54, 1.807) is 0 Å². The number of benzene rings is 14. The van der Waals surface area contributed by atoms with Crippen LogP contribution in [0.3, 0.4) is 0 Å². The maximum absolute atomic E-state index is 6.70. The van der Waals surface area contributed by atoms with Gasteiger partial charge >= 0.3 is 0 Å². The van der Waals surface area contributed by atoms with Crippen LogP contribution in [0.5, 0.6) is 0 Å². The summed E-state index contributed by atoms with van der Waals surface area (Å²) in [5, 5.41) is 9.44. The first-order valence-electron chi connectivity index (χ1n) is 29.0. The van der Waals surface area contributed by atoms with Crippen molar-refractivity contribution in [3.63, 3.8) is 0 Å². The molecule has 3 N–H and O–H groups in total. The number of hydrogen-bond acceptors (Lipinski definition) is 2. The Morgan fingerprint density at radius 1 is 0.247 bits per heavy atom. The van der Waals surface area contributed by atoms with Gasteiger partial charge in [0.1, 0.15) is 0 Å². The lowest BCUT2D eigenvalue weighted by molar-refractivity contribution is 0.770. The monoisotopic (exact) mass is 1110 g/mol. The minimum atomic E-state index is -0.491. The number of hydrogen-bond donors (Lipinski definition) is 2. The zero-order valence-electron chi connectivity index (χ0n) is 46.8. The molecule has 0 saturated heterocycles. The summed E-state index contributed by atoms with van der Waals surface area (Å²) in [6.07, 6.45) is 0. The van der Waals surface area contributed by atoms with Crippen LogP contribution in [0.2, 0.25) is 5.02 Å². The largest absolute Gasteiger partial charge is 0.399 e. The maximum Gasteiger partial charge on any atom is 0.0714 e. The lowest BCUT2D eigenvalue weighted by Gasteiger charge is -2.34. The molecule has 3 heteroatoms. The van der Waals surface area contributed by atoms with Gasteiger partial charge in [-0.1, -0.05) is 266 Å². The van der Waals surface area contributed by atoms with Crippen molar-refractivity contribution in [2.75, 3.05) is 11.1 Å². The minimum absolute atomic E-state index is 0.481. The van der Waals surface area contributed by atoms with E-state index in [1.165, 1.54) is 111 Å². The first-order chi connectivity index (χ1) is 41.9. The number of nitrogens with one attached hydrogen (secondary N) is 1. The Balaban J connectivity index is 0.000000136. The molecule has 0 spiro atoms. The van der Waals surface area contributed by atoms with Gasteiger partial charge in [-0.2, -0.15) is 0 Å². The van der Waals surface area contributed by atoms with E-state index in [0.717, 1.165) is 22.1 Å². The van der Waals surface area contributed by atoms with E-state index in [0.29, 0.717) is 0 Å². The summed E-state index contributed by atoms with van der Waals surface area (Å²) < 4.78 is 0. The zero-order valence-corrected chi connectivity index (χ0v) is 47.5. The van der Waals surface area contributed by atoms with Gasteiger partial charge in [-0.3, -0.25) is 0 Å². The van der Waals surface area contributed by atoms with Gasteiger partial charge in [-0.05, 0) is 195 Å². The molecular formula is C82H59ClN2. The predicted octanol–water partition coefficient (Wildman–Crippen LogP) is 21.4. The quantitative estimate of drug-likeness (QED) is 0.149. The maximum atomic E-state index is 6.70. The molecule has 0 fully saturated rings. The van der Waals surface area contributed by atoms with Crippen LogP contribution in [-0.2, 0) is 10.8 Å². The average Bonchev–Trinajstić information content (AvgIpc) is 1.59. The van der Waals surface area contributed by atoms with E-state index in [2.05, 4.69) is 309 Å². The Labute approximate surface area is 502 Å². The topological polar surface area (TPSA) is 38.0 Å². The second-order valence-electron chi connectivity index (χ2n) is 22.0. The van der Waals surface area contributed by atoms with Crippen LogP contribution < -0.4 is 11.1 Å². The third-order valence-electron chi connectivity index (χ3n) is 17.1. The van der Waals surface area contributed by atoms with Gasteiger partial charge < -0.3 is 11.1 Å². The summed E-state index contributed by atoms with van der Waals surface area (Å²) in [6, 6.07) is 121. The number of nitrogen functional groups attached to an aromatic ring is 1. The van der Waals surface area contributed by atoms with Crippen LogP contribution >= 0.6 is 11.6 Å². The van der Waals surface area contributed by atoms with Gasteiger partial charge in [0.15, 0.2) is 0 Å².